The summed E-state index contributed by atoms with van der Waals surface area (Å²) in [5.74, 6) is -1.28. The third kappa shape index (κ3) is 8.87. The summed E-state index contributed by atoms with van der Waals surface area (Å²) in [7, 11) is 0. The lowest BCUT2D eigenvalue weighted by atomic mass is 9.89. The second-order valence-corrected chi connectivity index (χ2v) is 14.8. The van der Waals surface area contributed by atoms with E-state index in [4.69, 9.17) is 18.9 Å². The van der Waals surface area contributed by atoms with Crippen molar-refractivity contribution in [3.05, 3.63) is 53.1 Å². The molecule has 3 saturated heterocycles. The number of epoxide rings is 1. The largest absolute Gasteiger partial charge is 0.456 e. The molecular formula is C40H56N2O8. The van der Waals surface area contributed by atoms with Gasteiger partial charge in [0.25, 0.3) is 0 Å². The van der Waals surface area contributed by atoms with E-state index in [1.807, 2.05) is 18.2 Å². The van der Waals surface area contributed by atoms with E-state index in [0.29, 0.717) is 48.6 Å². The van der Waals surface area contributed by atoms with E-state index in [1.54, 1.807) is 17.0 Å². The molecule has 5 aliphatic rings. The van der Waals surface area contributed by atoms with Gasteiger partial charge < -0.3 is 34.3 Å². The molecule has 2 aliphatic carbocycles. The number of allylic oxidation sites excluding steroid dienone is 1. The number of nitrogens with zero attached hydrogens (tertiary/aromatic N) is 1. The molecule has 50 heavy (non-hydrogen) atoms. The van der Waals surface area contributed by atoms with E-state index in [-0.39, 0.29) is 31.4 Å². The number of nitrogens with one attached hydrogen (secondary N) is 1. The molecule has 274 valence electrons. The van der Waals surface area contributed by atoms with Crippen LogP contribution in [0.25, 0.3) is 6.08 Å². The Hall–Kier alpha value is -3.05. The molecule has 0 bridgehead atoms. The number of esters is 1. The Morgan fingerprint density at radius 3 is 2.46 bits per heavy atom. The molecule has 1 aromatic carbocycles. The van der Waals surface area contributed by atoms with Gasteiger partial charge in [-0.2, -0.15) is 0 Å². The van der Waals surface area contributed by atoms with E-state index in [2.05, 4.69) is 31.3 Å². The fraction of sp³-hybridized carbons (Fsp3) is 0.675. The number of hydrogen-bond acceptors (Lipinski definition) is 8. The van der Waals surface area contributed by atoms with Crippen LogP contribution >= 0.6 is 0 Å². The summed E-state index contributed by atoms with van der Waals surface area (Å²) < 4.78 is 25.4. The Balaban J connectivity index is 1.19. The number of ether oxygens (including phenoxy) is 4. The number of aliphatic hydroxyl groups is 1. The van der Waals surface area contributed by atoms with Gasteiger partial charge in [-0.1, -0.05) is 63.8 Å². The zero-order valence-corrected chi connectivity index (χ0v) is 29.9. The van der Waals surface area contributed by atoms with Crippen molar-refractivity contribution in [3.63, 3.8) is 0 Å². The summed E-state index contributed by atoms with van der Waals surface area (Å²) in [4.78, 5) is 42.2. The van der Waals surface area contributed by atoms with Gasteiger partial charge in [-0.05, 0) is 74.6 Å². The molecular weight excluding hydrogens is 636 g/mol. The topological polar surface area (TPSA) is 127 Å². The molecule has 0 spiro atoms. The van der Waals surface area contributed by atoms with E-state index < -0.39 is 36.1 Å². The minimum atomic E-state index is -0.807. The highest BCUT2D eigenvalue weighted by Crippen LogP contribution is 2.44. The van der Waals surface area contributed by atoms with Crippen LogP contribution < -0.4 is 5.32 Å². The van der Waals surface area contributed by atoms with Crippen LogP contribution in [0.15, 0.2) is 42.0 Å². The van der Waals surface area contributed by atoms with E-state index >= 15 is 0 Å². The molecule has 0 radical (unpaired) electrons. The number of carbonyl (C=O) groups is 3. The monoisotopic (exact) mass is 692 g/mol. The zero-order chi connectivity index (χ0) is 35.1. The second kappa shape index (κ2) is 17.0. The number of carbonyl (C=O) groups excluding carboxylic acids is 3. The summed E-state index contributed by atoms with van der Waals surface area (Å²) in [6.07, 6.45) is 17.7. The number of likely N-dealkylation sites (tertiary alicyclic amines) is 1. The summed E-state index contributed by atoms with van der Waals surface area (Å²) in [6.45, 7) is 4.77. The highest BCUT2D eigenvalue weighted by atomic mass is 16.8. The average Bonchev–Trinajstić information content (AvgIpc) is 3.55. The first-order valence-corrected chi connectivity index (χ1v) is 19.2. The molecule has 3 unspecified atom stereocenters. The van der Waals surface area contributed by atoms with Gasteiger partial charge in [-0.25, -0.2) is 4.79 Å². The molecule has 1 aromatic rings. The lowest BCUT2D eigenvalue weighted by Crippen LogP contribution is -2.49. The van der Waals surface area contributed by atoms with Crippen molar-refractivity contribution < 1.29 is 38.4 Å². The molecule has 1 saturated carbocycles. The van der Waals surface area contributed by atoms with Crippen molar-refractivity contribution in [1.29, 1.82) is 0 Å². The van der Waals surface area contributed by atoms with Gasteiger partial charge in [0.15, 0.2) is 5.79 Å². The lowest BCUT2D eigenvalue weighted by Gasteiger charge is -2.33. The molecule has 10 nitrogen and oxygen atoms in total. The van der Waals surface area contributed by atoms with Crippen LogP contribution in [0.1, 0.15) is 120 Å². The van der Waals surface area contributed by atoms with Crippen LogP contribution in [-0.2, 0) is 28.5 Å². The number of unbranched alkanes of at least 4 members (excludes halogenated alkanes) is 4. The summed E-state index contributed by atoms with van der Waals surface area (Å²) >= 11 is 0. The Kier molecular flexibility index (Phi) is 12.5. The van der Waals surface area contributed by atoms with Crippen molar-refractivity contribution in [2.24, 2.45) is 5.92 Å². The van der Waals surface area contributed by atoms with Gasteiger partial charge in [-0.15, -0.1) is 0 Å². The van der Waals surface area contributed by atoms with Gasteiger partial charge in [0, 0.05) is 37.9 Å². The molecule has 2 N–H and O–H groups in total. The average molecular weight is 693 g/mol. The Bertz CT molecular complexity index is 1380. The zero-order valence-electron chi connectivity index (χ0n) is 29.9. The number of amides is 2. The molecule has 7 atom stereocenters. The third-order valence-electron chi connectivity index (χ3n) is 11.0. The number of benzene rings is 1. The van der Waals surface area contributed by atoms with Crippen molar-refractivity contribution in [3.8, 4) is 0 Å². The molecule has 3 aliphatic heterocycles. The van der Waals surface area contributed by atoms with E-state index in [1.165, 1.54) is 0 Å². The van der Waals surface area contributed by atoms with Crippen LogP contribution in [0.4, 0.5) is 0 Å². The predicted molar refractivity (Wildman–Crippen MR) is 189 cm³/mol. The van der Waals surface area contributed by atoms with Gasteiger partial charge in [0.05, 0.1) is 24.4 Å². The smallest absolute Gasteiger partial charge is 0.338 e. The fourth-order valence-corrected chi connectivity index (χ4v) is 8.15. The summed E-state index contributed by atoms with van der Waals surface area (Å²) in [5, 5.41) is 11.9. The second-order valence-electron chi connectivity index (χ2n) is 14.8. The molecule has 6 rings (SSSR count). The fourth-order valence-electron chi connectivity index (χ4n) is 8.15. The lowest BCUT2D eigenvalue weighted by molar-refractivity contribution is -0.190. The first kappa shape index (κ1) is 36.7. The summed E-state index contributed by atoms with van der Waals surface area (Å²) in [5.41, 5.74) is 1.93. The van der Waals surface area contributed by atoms with Gasteiger partial charge in [0.1, 0.15) is 24.4 Å². The van der Waals surface area contributed by atoms with Crippen molar-refractivity contribution in [2.75, 3.05) is 19.7 Å². The Labute approximate surface area is 296 Å². The minimum Gasteiger partial charge on any atom is -0.456 e. The van der Waals surface area contributed by atoms with Crippen LogP contribution in [0.3, 0.4) is 0 Å². The molecule has 4 fully saturated rings. The Morgan fingerprint density at radius 2 is 1.76 bits per heavy atom. The number of hydrogen-bond donors (Lipinski definition) is 2. The van der Waals surface area contributed by atoms with Crippen LogP contribution in [-0.4, -0.2) is 89.8 Å². The van der Waals surface area contributed by atoms with Crippen molar-refractivity contribution in [1.82, 2.24) is 10.2 Å². The number of fused-ring (bicyclic) bond motifs is 2. The van der Waals surface area contributed by atoms with Crippen molar-refractivity contribution in [2.45, 2.75) is 146 Å². The van der Waals surface area contributed by atoms with Crippen LogP contribution in [0, 0.1) is 5.92 Å². The molecule has 2 amide bonds. The SMILES string of the molecule is CCCCCC1(CCCCC)O[C@@H]2[C@@H](C=C(C(=O)N3CCC[C@@H]3C(=O)NCCO)C[C@H]2OC(=O)c2ccc(C=CC3CCC4OC4C3)cc2)O1. The minimum absolute atomic E-state index is 0.138. The van der Waals surface area contributed by atoms with Crippen LogP contribution in [0.2, 0.25) is 0 Å². The van der Waals surface area contributed by atoms with E-state index in [9.17, 15) is 19.5 Å². The Morgan fingerprint density at radius 1 is 1.00 bits per heavy atom. The maximum atomic E-state index is 14.1. The number of aliphatic hydroxyl groups excluding tert-OH is 1. The predicted octanol–water partition coefficient (Wildman–Crippen LogP) is 5.86. The first-order chi connectivity index (χ1) is 24.3. The first-order valence-electron chi connectivity index (χ1n) is 19.2. The van der Waals surface area contributed by atoms with Gasteiger partial charge >= 0.3 is 5.97 Å². The van der Waals surface area contributed by atoms with Crippen LogP contribution in [0.5, 0.6) is 0 Å². The molecule has 0 aromatic heterocycles. The van der Waals surface area contributed by atoms with Crippen molar-refractivity contribution >= 4 is 23.9 Å². The summed E-state index contributed by atoms with van der Waals surface area (Å²) in [6, 6.07) is 6.83. The molecule has 10 heteroatoms. The molecule has 3 heterocycles. The standard InChI is InChI=1S/C40H56N2O8/c1-3-5-7-19-40(20-8-6-4-2)49-35-26-30(38(45)42-22-9-10-31(42)37(44)41-21-23-43)25-34(36(35)50-40)48-39(46)29-16-13-27(14-17-29)11-12-28-15-18-32-33(24-28)47-32/h11-14,16-17,26,28,31-36,43H,3-10,15,18-25H2,1-2H3,(H,41,44)/t28?,31-,32?,33?,34-,35-,36+/m1/s1. The maximum Gasteiger partial charge on any atom is 0.338 e. The normalized spacial score (nSPS) is 29.7. The maximum absolute atomic E-state index is 14.1. The quantitative estimate of drug-likeness (QED) is 0.125. The van der Waals surface area contributed by atoms with Gasteiger partial charge in [-0.3, -0.25) is 9.59 Å². The highest BCUT2D eigenvalue weighted by molar-refractivity contribution is 5.98. The van der Waals surface area contributed by atoms with Gasteiger partial charge in [0.2, 0.25) is 11.8 Å². The number of rotatable bonds is 16. The third-order valence-corrected chi connectivity index (χ3v) is 11.0. The van der Waals surface area contributed by atoms with E-state index in [0.717, 1.165) is 76.2 Å². The highest BCUT2D eigenvalue weighted by Gasteiger charge is 2.53.